The summed E-state index contributed by atoms with van der Waals surface area (Å²) in [6.45, 7) is 7.30. The number of piperidine rings is 1. The molecule has 1 unspecified atom stereocenters. The van der Waals surface area contributed by atoms with Gasteiger partial charge in [0.15, 0.2) is 0 Å². The molecule has 0 radical (unpaired) electrons. The predicted octanol–water partition coefficient (Wildman–Crippen LogP) is 2.49. The maximum Gasteiger partial charge on any atom is 0.0774 e. The lowest BCUT2D eigenvalue weighted by molar-refractivity contribution is -0.0223. The highest BCUT2D eigenvalue weighted by atomic mass is 16.3. The second kappa shape index (κ2) is 6.76. The molecule has 2 saturated heterocycles. The van der Waals surface area contributed by atoms with Crippen molar-refractivity contribution >= 4 is 0 Å². The third kappa shape index (κ3) is 3.96. The molecule has 0 aromatic carbocycles. The molecule has 3 rings (SSSR count). The summed E-state index contributed by atoms with van der Waals surface area (Å²) >= 11 is 0. The van der Waals surface area contributed by atoms with Crippen LogP contribution < -0.4 is 0 Å². The van der Waals surface area contributed by atoms with Crippen molar-refractivity contribution in [1.29, 1.82) is 0 Å². The smallest absolute Gasteiger partial charge is 0.0774 e. The Morgan fingerprint density at radius 3 is 2.30 bits per heavy atom. The first kappa shape index (κ1) is 14.8. The largest absolute Gasteiger partial charge is 0.389 e. The summed E-state index contributed by atoms with van der Waals surface area (Å²) < 4.78 is 0. The van der Waals surface area contributed by atoms with E-state index < -0.39 is 0 Å². The molecule has 3 nitrogen and oxygen atoms in total. The average Bonchev–Trinajstić information content (AvgIpc) is 2.87. The summed E-state index contributed by atoms with van der Waals surface area (Å²) in [5.74, 6) is 0.847. The molecule has 1 saturated carbocycles. The van der Waals surface area contributed by atoms with Crippen LogP contribution in [0, 0.1) is 5.92 Å². The predicted molar refractivity (Wildman–Crippen MR) is 82.9 cm³/mol. The second-order valence-electron chi connectivity index (χ2n) is 7.54. The van der Waals surface area contributed by atoms with E-state index in [4.69, 9.17) is 0 Å². The van der Waals surface area contributed by atoms with Gasteiger partial charge in [0.1, 0.15) is 0 Å². The molecular weight excluding hydrogens is 248 g/mol. The molecule has 0 bridgehead atoms. The molecule has 20 heavy (non-hydrogen) atoms. The van der Waals surface area contributed by atoms with E-state index >= 15 is 0 Å². The van der Waals surface area contributed by atoms with Crippen molar-refractivity contribution in [3.8, 4) is 0 Å². The van der Waals surface area contributed by atoms with Crippen molar-refractivity contribution in [2.24, 2.45) is 5.92 Å². The lowest BCUT2D eigenvalue weighted by atomic mass is 9.84. The van der Waals surface area contributed by atoms with Crippen LogP contribution in [-0.4, -0.2) is 59.8 Å². The molecule has 0 aromatic heterocycles. The minimum Gasteiger partial charge on any atom is -0.389 e. The number of hydrogen-bond donors (Lipinski definition) is 1. The minimum absolute atomic E-state index is 0.363. The molecule has 2 heterocycles. The lowest BCUT2D eigenvalue weighted by Crippen LogP contribution is -2.44. The van der Waals surface area contributed by atoms with Crippen LogP contribution in [0.2, 0.25) is 0 Å². The first-order valence-corrected chi connectivity index (χ1v) is 8.91. The monoisotopic (exact) mass is 280 g/mol. The van der Waals surface area contributed by atoms with Gasteiger partial charge in [-0.25, -0.2) is 0 Å². The first-order chi connectivity index (χ1) is 9.73. The molecule has 0 aromatic rings. The van der Waals surface area contributed by atoms with Crippen LogP contribution in [0.3, 0.4) is 0 Å². The summed E-state index contributed by atoms with van der Waals surface area (Å²) in [6.07, 6.45) is 11.4. The third-order valence-corrected chi connectivity index (χ3v) is 5.64. The van der Waals surface area contributed by atoms with Gasteiger partial charge >= 0.3 is 0 Å². The first-order valence-electron chi connectivity index (χ1n) is 8.91. The zero-order valence-corrected chi connectivity index (χ0v) is 13.0. The van der Waals surface area contributed by atoms with Gasteiger partial charge in [-0.05, 0) is 57.7 Å². The Hall–Kier alpha value is -0.120. The van der Waals surface area contributed by atoms with Crippen LogP contribution in [-0.2, 0) is 0 Å². The number of β-amino-alcohol motifs (C(OH)–C–C–N with tert-alkyl or cyclic N) is 1. The fourth-order valence-electron chi connectivity index (χ4n) is 4.50. The van der Waals surface area contributed by atoms with E-state index in [1.54, 1.807) is 0 Å². The van der Waals surface area contributed by atoms with Crippen molar-refractivity contribution < 1.29 is 5.11 Å². The Morgan fingerprint density at radius 2 is 1.55 bits per heavy atom. The number of nitrogens with zero attached hydrogens (tertiary/aromatic N) is 2. The van der Waals surface area contributed by atoms with E-state index in [2.05, 4.69) is 9.80 Å². The zero-order chi connectivity index (χ0) is 13.8. The Morgan fingerprint density at radius 1 is 0.850 bits per heavy atom. The minimum atomic E-state index is -0.363. The van der Waals surface area contributed by atoms with Crippen LogP contribution in [0.5, 0.6) is 0 Å². The molecule has 0 amide bonds. The van der Waals surface area contributed by atoms with Gasteiger partial charge in [0, 0.05) is 19.6 Å². The fraction of sp³-hybridized carbons (Fsp3) is 1.00. The summed E-state index contributed by atoms with van der Waals surface area (Å²) in [7, 11) is 0. The number of hydrogen-bond acceptors (Lipinski definition) is 3. The van der Waals surface area contributed by atoms with E-state index in [0.29, 0.717) is 0 Å². The molecule has 0 spiro atoms. The van der Waals surface area contributed by atoms with Gasteiger partial charge < -0.3 is 14.9 Å². The number of rotatable bonds is 4. The quantitative estimate of drug-likeness (QED) is 0.857. The van der Waals surface area contributed by atoms with Crippen LogP contribution >= 0.6 is 0 Å². The molecule has 116 valence electrons. The van der Waals surface area contributed by atoms with Gasteiger partial charge in [-0.2, -0.15) is 0 Å². The van der Waals surface area contributed by atoms with Crippen molar-refractivity contribution in [1.82, 2.24) is 9.80 Å². The summed E-state index contributed by atoms with van der Waals surface area (Å²) in [5.41, 5.74) is -0.363. The molecular formula is C17H32N2O. The maximum atomic E-state index is 10.7. The lowest BCUT2D eigenvalue weighted by Gasteiger charge is -2.35. The highest BCUT2D eigenvalue weighted by Gasteiger charge is 2.34. The normalized spacial score (nSPS) is 32.5. The number of likely N-dealkylation sites (tertiary alicyclic amines) is 2. The molecule has 1 atom stereocenters. The summed E-state index contributed by atoms with van der Waals surface area (Å²) in [5, 5.41) is 10.7. The van der Waals surface area contributed by atoms with E-state index in [-0.39, 0.29) is 5.60 Å². The second-order valence-corrected chi connectivity index (χ2v) is 7.54. The van der Waals surface area contributed by atoms with Crippen molar-refractivity contribution in [3.63, 3.8) is 0 Å². The molecule has 1 aliphatic carbocycles. The van der Waals surface area contributed by atoms with Gasteiger partial charge in [-0.3, -0.25) is 0 Å². The van der Waals surface area contributed by atoms with Crippen LogP contribution in [0.4, 0.5) is 0 Å². The Balaban J connectivity index is 1.42. The van der Waals surface area contributed by atoms with E-state index in [9.17, 15) is 5.11 Å². The van der Waals surface area contributed by atoms with Gasteiger partial charge in [0.25, 0.3) is 0 Å². The summed E-state index contributed by atoms with van der Waals surface area (Å²) in [6, 6.07) is 0. The maximum absolute atomic E-state index is 10.7. The van der Waals surface area contributed by atoms with E-state index in [0.717, 1.165) is 25.3 Å². The molecule has 3 fully saturated rings. The molecule has 3 heteroatoms. The Labute approximate surface area is 124 Å². The average molecular weight is 280 g/mol. The van der Waals surface area contributed by atoms with Crippen molar-refractivity contribution in [2.75, 3.05) is 39.3 Å². The van der Waals surface area contributed by atoms with Gasteiger partial charge in [-0.1, -0.05) is 25.7 Å². The molecule has 3 aliphatic rings. The van der Waals surface area contributed by atoms with Gasteiger partial charge in [0.05, 0.1) is 5.60 Å². The fourth-order valence-corrected chi connectivity index (χ4v) is 4.50. The molecule has 1 N–H and O–H groups in total. The zero-order valence-electron chi connectivity index (χ0n) is 13.0. The topological polar surface area (TPSA) is 26.7 Å². The van der Waals surface area contributed by atoms with Crippen molar-refractivity contribution in [3.05, 3.63) is 0 Å². The third-order valence-electron chi connectivity index (χ3n) is 5.64. The van der Waals surface area contributed by atoms with Crippen LogP contribution in [0.15, 0.2) is 0 Å². The van der Waals surface area contributed by atoms with E-state index in [1.807, 2.05) is 0 Å². The van der Waals surface area contributed by atoms with Gasteiger partial charge in [0.2, 0.25) is 0 Å². The highest BCUT2D eigenvalue weighted by molar-refractivity contribution is 4.89. The van der Waals surface area contributed by atoms with Gasteiger partial charge in [-0.15, -0.1) is 0 Å². The van der Waals surface area contributed by atoms with Crippen molar-refractivity contribution in [2.45, 2.75) is 63.4 Å². The van der Waals surface area contributed by atoms with Crippen LogP contribution in [0.1, 0.15) is 57.8 Å². The summed E-state index contributed by atoms with van der Waals surface area (Å²) in [4.78, 5) is 5.22. The Bertz CT molecular complexity index is 295. The highest BCUT2D eigenvalue weighted by Crippen LogP contribution is 2.30. The molecule has 2 aliphatic heterocycles. The Kier molecular flexibility index (Phi) is 5.00. The number of aliphatic hydroxyl groups is 1. The van der Waals surface area contributed by atoms with E-state index in [1.165, 1.54) is 77.7 Å². The SMILES string of the molecule is OC1(CN2CCC(CN3CCCCC3)C2)CCCCC1. The van der Waals surface area contributed by atoms with Crippen LogP contribution in [0.25, 0.3) is 0 Å². The standard InChI is InChI=1S/C17H32N2O/c20-17(8-3-1-4-9-17)15-19-12-7-16(14-19)13-18-10-5-2-6-11-18/h16,20H,1-15H2.